The van der Waals surface area contributed by atoms with Crippen LogP contribution in [0.4, 0.5) is 0 Å². The molecule has 4 aromatic rings. The molecular weight excluding hydrogens is 521 g/mol. The van der Waals surface area contributed by atoms with Gasteiger partial charge < -0.3 is 14.7 Å². The Morgan fingerprint density at radius 1 is 0.750 bits per heavy atom. The average Bonchev–Trinajstić information content (AvgIpc) is 3.01. The molecule has 0 aliphatic carbocycles. The SMILES string of the molecule is CC1C(=O)N(C(C(=O)OCc2ccccc2)=P(c2ccccc2)(c2ccccc2)c2ccccc2)C1CC(=O)O. The van der Waals surface area contributed by atoms with Crippen LogP contribution in [0.3, 0.4) is 0 Å². The maximum Gasteiger partial charge on any atom is 0.356 e. The first-order valence-electron chi connectivity index (χ1n) is 13.1. The van der Waals surface area contributed by atoms with Crippen molar-refractivity contribution in [3.05, 3.63) is 127 Å². The van der Waals surface area contributed by atoms with E-state index in [9.17, 15) is 19.5 Å². The van der Waals surface area contributed by atoms with Crippen LogP contribution in [-0.2, 0) is 25.7 Å². The molecule has 0 bridgehead atoms. The second kappa shape index (κ2) is 11.8. The topological polar surface area (TPSA) is 83.9 Å². The van der Waals surface area contributed by atoms with Gasteiger partial charge in [0, 0.05) is 6.89 Å². The molecule has 1 fully saturated rings. The molecule has 2 unspecified atom stereocenters. The zero-order valence-electron chi connectivity index (χ0n) is 22.1. The van der Waals surface area contributed by atoms with Gasteiger partial charge in [-0.15, -0.1) is 0 Å². The Balaban J connectivity index is 1.87. The number of esters is 1. The molecule has 2 atom stereocenters. The van der Waals surface area contributed by atoms with Crippen molar-refractivity contribution in [3.63, 3.8) is 0 Å². The molecule has 0 radical (unpaired) electrons. The second-order valence-electron chi connectivity index (χ2n) is 9.72. The van der Waals surface area contributed by atoms with Gasteiger partial charge in [-0.1, -0.05) is 128 Å². The molecular formula is C33H30NO5P. The number of nitrogens with zero attached hydrogens (tertiary/aromatic N) is 1. The lowest BCUT2D eigenvalue weighted by Gasteiger charge is -2.48. The van der Waals surface area contributed by atoms with Crippen molar-refractivity contribution in [2.24, 2.45) is 5.92 Å². The summed E-state index contributed by atoms with van der Waals surface area (Å²) in [5.41, 5.74) is 1.00. The number of carbonyl (C=O) groups excluding carboxylic acids is 2. The van der Waals surface area contributed by atoms with Crippen LogP contribution < -0.4 is 15.9 Å². The summed E-state index contributed by atoms with van der Waals surface area (Å²) in [5, 5.41) is 12.3. The van der Waals surface area contributed by atoms with Crippen molar-refractivity contribution >= 4 is 46.1 Å². The number of aliphatic carboxylic acids is 1. The number of hydrogen-bond donors (Lipinski definition) is 1. The van der Waals surface area contributed by atoms with Gasteiger partial charge in [0.15, 0.2) is 0 Å². The van der Waals surface area contributed by atoms with Crippen LogP contribution in [0, 0.1) is 5.92 Å². The van der Waals surface area contributed by atoms with Crippen molar-refractivity contribution in [2.75, 3.05) is 0 Å². The van der Waals surface area contributed by atoms with E-state index in [1.54, 1.807) is 6.92 Å². The number of rotatable bonds is 9. The molecule has 1 N–H and O–H groups in total. The molecule has 1 aliphatic rings. The van der Waals surface area contributed by atoms with E-state index in [0.717, 1.165) is 21.5 Å². The van der Waals surface area contributed by atoms with Crippen molar-refractivity contribution in [1.82, 2.24) is 4.90 Å². The smallest absolute Gasteiger partial charge is 0.356 e. The highest BCUT2D eigenvalue weighted by Gasteiger charge is 2.52. The minimum absolute atomic E-state index is 0.0166. The second-order valence-corrected chi connectivity index (χ2v) is 13.0. The number of carbonyl (C=O) groups is 3. The summed E-state index contributed by atoms with van der Waals surface area (Å²) in [7, 11) is 0. The number of likely N-dealkylation sites (tertiary alicyclic amines) is 1. The van der Waals surface area contributed by atoms with Crippen LogP contribution in [0.2, 0.25) is 0 Å². The quantitative estimate of drug-likeness (QED) is 0.192. The van der Waals surface area contributed by atoms with Gasteiger partial charge >= 0.3 is 11.9 Å². The maximum atomic E-state index is 14.4. The lowest BCUT2D eigenvalue weighted by molar-refractivity contribution is -0.154. The third kappa shape index (κ3) is 4.99. The van der Waals surface area contributed by atoms with E-state index < -0.39 is 30.8 Å². The molecule has 7 heteroatoms. The summed E-state index contributed by atoms with van der Waals surface area (Å²) in [5.74, 6) is -2.50. The van der Waals surface area contributed by atoms with E-state index >= 15 is 0 Å². The third-order valence-electron chi connectivity index (χ3n) is 7.29. The van der Waals surface area contributed by atoms with Crippen molar-refractivity contribution < 1.29 is 24.2 Å². The molecule has 202 valence electrons. The van der Waals surface area contributed by atoms with E-state index in [-0.39, 0.29) is 24.4 Å². The van der Waals surface area contributed by atoms with Crippen LogP contribution in [0.15, 0.2) is 121 Å². The molecule has 1 heterocycles. The number of amides is 1. The number of hydrogen-bond acceptors (Lipinski definition) is 4. The average molecular weight is 552 g/mol. The number of benzene rings is 4. The summed E-state index contributed by atoms with van der Waals surface area (Å²) in [6.07, 6.45) is -0.277. The first-order chi connectivity index (χ1) is 19.4. The molecule has 0 spiro atoms. The van der Waals surface area contributed by atoms with Gasteiger partial charge in [0.2, 0.25) is 5.91 Å². The first kappa shape index (κ1) is 27.2. The molecule has 1 amide bonds. The predicted molar refractivity (Wildman–Crippen MR) is 158 cm³/mol. The van der Waals surface area contributed by atoms with E-state index in [0.29, 0.717) is 0 Å². The van der Waals surface area contributed by atoms with Gasteiger partial charge in [-0.05, 0) is 21.5 Å². The highest BCUT2D eigenvalue weighted by Crippen LogP contribution is 2.49. The van der Waals surface area contributed by atoms with Crippen molar-refractivity contribution in [2.45, 2.75) is 26.0 Å². The molecule has 1 saturated heterocycles. The van der Waals surface area contributed by atoms with Crippen molar-refractivity contribution in [1.29, 1.82) is 0 Å². The van der Waals surface area contributed by atoms with Crippen LogP contribution in [0.25, 0.3) is 0 Å². The van der Waals surface area contributed by atoms with Crippen LogP contribution >= 0.6 is 6.89 Å². The first-order valence-corrected chi connectivity index (χ1v) is 14.9. The highest BCUT2D eigenvalue weighted by molar-refractivity contribution is 7.96. The molecule has 4 aromatic carbocycles. The minimum Gasteiger partial charge on any atom is -0.481 e. The summed E-state index contributed by atoms with van der Waals surface area (Å²) in [4.78, 5) is 41.4. The maximum absolute atomic E-state index is 14.4. The molecule has 5 rings (SSSR count). The fourth-order valence-corrected chi connectivity index (χ4v) is 9.75. The highest BCUT2D eigenvalue weighted by atomic mass is 31.2. The van der Waals surface area contributed by atoms with Gasteiger partial charge in [0.05, 0.1) is 18.4 Å². The summed E-state index contributed by atoms with van der Waals surface area (Å²) in [6.45, 7) is -1.32. The molecule has 0 saturated carbocycles. The van der Waals surface area contributed by atoms with Crippen LogP contribution in [0.5, 0.6) is 0 Å². The Morgan fingerprint density at radius 3 is 1.60 bits per heavy atom. The predicted octanol–water partition coefficient (Wildman–Crippen LogP) is 4.18. The van der Waals surface area contributed by atoms with Crippen LogP contribution in [-0.4, -0.2) is 39.3 Å². The Morgan fingerprint density at radius 2 is 1.18 bits per heavy atom. The third-order valence-corrected chi connectivity index (χ3v) is 11.5. The fraction of sp³-hybridized carbons (Fsp3) is 0.152. The lowest BCUT2D eigenvalue weighted by atomic mass is 9.87. The number of carboxylic acids is 1. The normalized spacial score (nSPS) is 16.6. The molecule has 1 aliphatic heterocycles. The Hall–Kier alpha value is -4.41. The van der Waals surface area contributed by atoms with E-state index in [2.05, 4.69) is 0 Å². The number of carboxylic acid groups (broad SMARTS) is 1. The van der Waals surface area contributed by atoms with Crippen LogP contribution in [0.1, 0.15) is 18.9 Å². The Kier molecular flexibility index (Phi) is 7.99. The number of ether oxygens (including phenoxy) is 1. The van der Waals surface area contributed by atoms with E-state index in [4.69, 9.17) is 4.74 Å². The van der Waals surface area contributed by atoms with Gasteiger partial charge in [0.1, 0.15) is 12.0 Å². The minimum atomic E-state index is -3.05. The van der Waals surface area contributed by atoms with E-state index in [1.165, 1.54) is 4.90 Å². The molecule has 6 nitrogen and oxygen atoms in total. The van der Waals surface area contributed by atoms with Gasteiger partial charge in [-0.2, -0.15) is 0 Å². The molecule has 0 aromatic heterocycles. The van der Waals surface area contributed by atoms with Gasteiger partial charge in [-0.3, -0.25) is 9.59 Å². The molecule has 40 heavy (non-hydrogen) atoms. The lowest BCUT2D eigenvalue weighted by Crippen LogP contribution is -2.65. The van der Waals surface area contributed by atoms with Gasteiger partial charge in [-0.25, -0.2) is 4.79 Å². The standard InChI is InChI=1S/C33H30NO5P/c1-24-29(22-30(35)36)34(31(24)37)32(33(38)39-23-25-14-6-2-7-15-25)40(26-16-8-3-9-17-26,27-18-10-4-11-19-27)28-20-12-5-13-21-28/h2-21,24,29H,22-23H2,1H3,(H,35,36). The summed E-state index contributed by atoms with van der Waals surface area (Å²) in [6, 6.07) is 37.7. The monoisotopic (exact) mass is 551 g/mol. The zero-order chi connectivity index (χ0) is 28.1. The van der Waals surface area contributed by atoms with Gasteiger partial charge in [0.25, 0.3) is 0 Å². The van der Waals surface area contributed by atoms with Crippen molar-refractivity contribution in [3.8, 4) is 0 Å². The zero-order valence-corrected chi connectivity index (χ0v) is 23.0. The Bertz CT molecular complexity index is 1450. The fourth-order valence-electron chi connectivity index (χ4n) is 5.35. The summed E-state index contributed by atoms with van der Waals surface area (Å²) >= 11 is 0. The Labute approximate surface area is 233 Å². The summed E-state index contributed by atoms with van der Waals surface area (Å²) < 4.78 is 5.96. The van der Waals surface area contributed by atoms with E-state index in [1.807, 2.05) is 121 Å². The number of β-lactam (4-membered cyclic amide) rings is 1. The largest absolute Gasteiger partial charge is 0.481 e.